The van der Waals surface area contributed by atoms with E-state index in [-0.39, 0.29) is 17.7 Å². The summed E-state index contributed by atoms with van der Waals surface area (Å²) in [4.78, 5) is 24.5. The number of hydrogen-bond acceptors (Lipinski definition) is 7. The summed E-state index contributed by atoms with van der Waals surface area (Å²) in [7, 11) is 0. The third-order valence-electron chi connectivity index (χ3n) is 3.92. The van der Waals surface area contributed by atoms with Gasteiger partial charge in [0.1, 0.15) is 12.2 Å². The molecule has 1 saturated heterocycles. The molecule has 1 heterocycles. The fourth-order valence-electron chi connectivity index (χ4n) is 2.51. The van der Waals surface area contributed by atoms with Crippen molar-refractivity contribution < 1.29 is 34.0 Å². The monoisotopic (exact) mass is 358 g/mol. The summed E-state index contributed by atoms with van der Waals surface area (Å²) in [5.41, 5.74) is 0.540. The molecule has 26 heavy (non-hydrogen) atoms. The predicted molar refractivity (Wildman–Crippen MR) is 89.3 cm³/mol. The third kappa shape index (κ3) is 4.08. The Bertz CT molecular complexity index is 747. The number of esters is 2. The molecule has 0 saturated carbocycles. The molecule has 1 aliphatic rings. The van der Waals surface area contributed by atoms with Crippen molar-refractivity contribution in [1.82, 2.24) is 0 Å². The molecule has 1 fully saturated rings. The van der Waals surface area contributed by atoms with E-state index >= 15 is 0 Å². The Kier molecular flexibility index (Phi) is 5.62. The first-order valence-corrected chi connectivity index (χ1v) is 8.06. The standard InChI is InChI=1S/C19H18O7/c20-14-11-24-19(26-18(23)13-9-5-2-6-10-13)16(15(14)21)25-17(22)12-7-3-1-4-8-12/h1-10,14-16,19-21H,11H2/t14-,15-,16+,19+/m0/s1. The lowest BCUT2D eigenvalue weighted by Gasteiger charge is -2.36. The van der Waals surface area contributed by atoms with Crippen molar-refractivity contribution in [2.24, 2.45) is 0 Å². The number of aliphatic hydroxyl groups excluding tert-OH is 2. The predicted octanol–water partition coefficient (Wildman–Crippen LogP) is 1.15. The van der Waals surface area contributed by atoms with Gasteiger partial charge in [0, 0.05) is 0 Å². The van der Waals surface area contributed by atoms with E-state index < -0.39 is 36.5 Å². The number of carbonyl (C=O) groups is 2. The lowest BCUT2D eigenvalue weighted by atomic mass is 10.0. The zero-order valence-electron chi connectivity index (χ0n) is 13.7. The van der Waals surface area contributed by atoms with E-state index in [9.17, 15) is 19.8 Å². The maximum absolute atomic E-state index is 12.3. The average Bonchev–Trinajstić information content (AvgIpc) is 2.68. The Labute approximate surface area is 149 Å². The van der Waals surface area contributed by atoms with Crippen LogP contribution in [0.3, 0.4) is 0 Å². The van der Waals surface area contributed by atoms with Crippen LogP contribution in [0.2, 0.25) is 0 Å². The van der Waals surface area contributed by atoms with Gasteiger partial charge < -0.3 is 24.4 Å². The van der Waals surface area contributed by atoms with Crippen LogP contribution in [0.15, 0.2) is 60.7 Å². The van der Waals surface area contributed by atoms with Crippen molar-refractivity contribution in [2.45, 2.75) is 24.6 Å². The summed E-state index contributed by atoms with van der Waals surface area (Å²) >= 11 is 0. The van der Waals surface area contributed by atoms with E-state index in [4.69, 9.17) is 14.2 Å². The summed E-state index contributed by atoms with van der Waals surface area (Å²) in [6, 6.07) is 16.3. The Morgan fingerprint density at radius 3 is 1.88 bits per heavy atom. The van der Waals surface area contributed by atoms with Crippen LogP contribution in [0.1, 0.15) is 20.7 Å². The molecule has 136 valence electrons. The highest BCUT2D eigenvalue weighted by Crippen LogP contribution is 2.22. The molecule has 3 rings (SSSR count). The zero-order valence-corrected chi connectivity index (χ0v) is 13.7. The molecule has 0 spiro atoms. The molecule has 7 heteroatoms. The number of rotatable bonds is 4. The molecule has 2 aromatic carbocycles. The van der Waals surface area contributed by atoms with Gasteiger partial charge >= 0.3 is 11.9 Å². The smallest absolute Gasteiger partial charge is 0.340 e. The fraction of sp³-hybridized carbons (Fsp3) is 0.263. The maximum Gasteiger partial charge on any atom is 0.340 e. The minimum absolute atomic E-state index is 0.257. The van der Waals surface area contributed by atoms with Crippen LogP contribution in [0, 0.1) is 0 Å². The molecule has 0 aliphatic carbocycles. The molecular formula is C19H18O7. The first-order chi connectivity index (χ1) is 12.6. The Hall–Kier alpha value is -2.74. The van der Waals surface area contributed by atoms with Gasteiger partial charge in [-0.3, -0.25) is 0 Å². The minimum Gasteiger partial charge on any atom is -0.449 e. The number of hydrogen-bond donors (Lipinski definition) is 2. The van der Waals surface area contributed by atoms with Crippen LogP contribution < -0.4 is 0 Å². The van der Waals surface area contributed by atoms with Crippen LogP contribution in [0.4, 0.5) is 0 Å². The lowest BCUT2D eigenvalue weighted by Crippen LogP contribution is -2.56. The highest BCUT2D eigenvalue weighted by atomic mass is 16.7. The summed E-state index contributed by atoms with van der Waals surface area (Å²) in [6.45, 7) is -0.257. The second kappa shape index (κ2) is 8.09. The first kappa shape index (κ1) is 18.1. The van der Waals surface area contributed by atoms with E-state index in [0.29, 0.717) is 0 Å². The zero-order chi connectivity index (χ0) is 18.5. The fourth-order valence-corrected chi connectivity index (χ4v) is 2.51. The van der Waals surface area contributed by atoms with Crippen molar-refractivity contribution in [1.29, 1.82) is 0 Å². The number of benzene rings is 2. The van der Waals surface area contributed by atoms with Gasteiger partial charge in [0.05, 0.1) is 17.7 Å². The number of aliphatic hydroxyl groups is 2. The molecule has 0 radical (unpaired) electrons. The van der Waals surface area contributed by atoms with Gasteiger partial charge in [-0.1, -0.05) is 36.4 Å². The molecule has 0 unspecified atom stereocenters. The highest BCUT2D eigenvalue weighted by molar-refractivity contribution is 5.90. The summed E-state index contributed by atoms with van der Waals surface area (Å²) in [5, 5.41) is 20.0. The highest BCUT2D eigenvalue weighted by Gasteiger charge is 2.44. The first-order valence-electron chi connectivity index (χ1n) is 8.06. The van der Waals surface area contributed by atoms with E-state index in [2.05, 4.69) is 0 Å². The van der Waals surface area contributed by atoms with Gasteiger partial charge in [0.2, 0.25) is 6.29 Å². The molecule has 2 aromatic rings. The molecular weight excluding hydrogens is 340 g/mol. The summed E-state index contributed by atoms with van der Waals surface area (Å²) in [5.74, 6) is -1.42. The van der Waals surface area contributed by atoms with Gasteiger partial charge in [0.15, 0.2) is 6.10 Å². The van der Waals surface area contributed by atoms with Gasteiger partial charge in [-0.2, -0.15) is 0 Å². The van der Waals surface area contributed by atoms with Gasteiger partial charge in [0.25, 0.3) is 0 Å². The lowest BCUT2D eigenvalue weighted by molar-refractivity contribution is -0.251. The second-order valence-corrected chi connectivity index (χ2v) is 5.77. The minimum atomic E-state index is -1.45. The number of carbonyl (C=O) groups excluding carboxylic acids is 2. The molecule has 2 N–H and O–H groups in total. The van der Waals surface area contributed by atoms with E-state index in [1.165, 1.54) is 0 Å². The van der Waals surface area contributed by atoms with Gasteiger partial charge in [-0.15, -0.1) is 0 Å². The summed E-state index contributed by atoms with van der Waals surface area (Å²) < 4.78 is 15.8. The van der Waals surface area contributed by atoms with E-state index in [1.54, 1.807) is 60.7 Å². The Morgan fingerprint density at radius 1 is 0.846 bits per heavy atom. The SMILES string of the molecule is O=C(O[C@H]1OC[C@H](O)[C@H](O)[C@H]1OC(=O)c1ccccc1)c1ccccc1. The van der Waals surface area contributed by atoms with Crippen molar-refractivity contribution in [2.75, 3.05) is 6.61 Å². The molecule has 4 atom stereocenters. The van der Waals surface area contributed by atoms with Crippen molar-refractivity contribution >= 4 is 11.9 Å². The quantitative estimate of drug-likeness (QED) is 0.790. The van der Waals surface area contributed by atoms with Crippen LogP contribution in [-0.2, 0) is 14.2 Å². The van der Waals surface area contributed by atoms with Crippen LogP contribution in [-0.4, -0.2) is 53.4 Å². The largest absolute Gasteiger partial charge is 0.449 e. The van der Waals surface area contributed by atoms with Crippen molar-refractivity contribution in [3.63, 3.8) is 0 Å². The maximum atomic E-state index is 12.3. The van der Waals surface area contributed by atoms with Crippen molar-refractivity contribution in [3.8, 4) is 0 Å². The van der Waals surface area contributed by atoms with Crippen LogP contribution >= 0.6 is 0 Å². The van der Waals surface area contributed by atoms with Crippen LogP contribution in [0.5, 0.6) is 0 Å². The Morgan fingerprint density at radius 2 is 1.35 bits per heavy atom. The number of ether oxygens (including phenoxy) is 3. The Balaban J connectivity index is 1.74. The normalized spacial score (nSPS) is 25.3. The second-order valence-electron chi connectivity index (χ2n) is 5.77. The topological polar surface area (TPSA) is 102 Å². The van der Waals surface area contributed by atoms with Gasteiger partial charge in [-0.25, -0.2) is 9.59 Å². The van der Waals surface area contributed by atoms with Crippen molar-refractivity contribution in [3.05, 3.63) is 71.8 Å². The molecule has 7 nitrogen and oxygen atoms in total. The molecule has 0 aromatic heterocycles. The summed E-state index contributed by atoms with van der Waals surface area (Å²) in [6.07, 6.45) is -5.42. The van der Waals surface area contributed by atoms with E-state index in [0.717, 1.165) is 0 Å². The van der Waals surface area contributed by atoms with Crippen LogP contribution in [0.25, 0.3) is 0 Å². The van der Waals surface area contributed by atoms with Gasteiger partial charge in [-0.05, 0) is 24.3 Å². The molecule has 1 aliphatic heterocycles. The third-order valence-corrected chi connectivity index (χ3v) is 3.92. The molecule has 0 bridgehead atoms. The average molecular weight is 358 g/mol. The van der Waals surface area contributed by atoms with E-state index in [1.807, 2.05) is 0 Å². The molecule has 0 amide bonds.